The van der Waals surface area contributed by atoms with E-state index in [0.717, 1.165) is 10.9 Å². The van der Waals surface area contributed by atoms with Crippen molar-refractivity contribution in [3.8, 4) is 0 Å². The predicted molar refractivity (Wildman–Crippen MR) is 62.9 cm³/mol. The highest BCUT2D eigenvalue weighted by atomic mass is 79.9. The number of aliphatic hydroxyl groups excluding tert-OH is 1. The molecule has 1 aromatic rings. The Morgan fingerprint density at radius 2 is 2.19 bits per heavy atom. The van der Waals surface area contributed by atoms with E-state index in [0.29, 0.717) is 25.2 Å². The summed E-state index contributed by atoms with van der Waals surface area (Å²) in [5, 5.41) is 8.88. The summed E-state index contributed by atoms with van der Waals surface area (Å²) in [5.74, 6) is -0.190. The molecule has 0 amide bonds. The van der Waals surface area contributed by atoms with Gasteiger partial charge < -0.3 is 9.84 Å². The Morgan fingerprint density at radius 3 is 2.75 bits per heavy atom. The number of hydrogen-bond acceptors (Lipinski definition) is 2. The summed E-state index contributed by atoms with van der Waals surface area (Å²) in [6.07, 6.45) is 1.44. The summed E-state index contributed by atoms with van der Waals surface area (Å²) in [4.78, 5) is 0. The molecule has 1 N–H and O–H groups in total. The highest BCUT2D eigenvalue weighted by molar-refractivity contribution is 9.10. The molecular formula is C12H14BrFO2. The van der Waals surface area contributed by atoms with Crippen LogP contribution in [0.3, 0.4) is 0 Å². The lowest BCUT2D eigenvalue weighted by Gasteiger charge is -2.42. The van der Waals surface area contributed by atoms with Gasteiger partial charge in [-0.2, -0.15) is 0 Å². The van der Waals surface area contributed by atoms with E-state index in [1.165, 1.54) is 6.07 Å². The van der Waals surface area contributed by atoms with Gasteiger partial charge in [-0.25, -0.2) is 4.39 Å². The van der Waals surface area contributed by atoms with Crippen molar-refractivity contribution in [3.63, 3.8) is 0 Å². The average Bonchev–Trinajstić information content (AvgIpc) is 2.21. The zero-order valence-electron chi connectivity index (χ0n) is 8.88. The standard InChI is InChI=1S/C12H14BrFO2/c13-9-2-3-11(14)10(6-9)12(4-1-5-15)7-16-8-12/h2-3,6,15H,1,4-5,7-8H2. The number of hydrogen-bond donors (Lipinski definition) is 1. The Morgan fingerprint density at radius 1 is 1.44 bits per heavy atom. The Kier molecular flexibility index (Phi) is 3.62. The molecule has 0 aliphatic carbocycles. The third kappa shape index (κ3) is 2.14. The van der Waals surface area contributed by atoms with Crippen molar-refractivity contribution < 1.29 is 14.2 Å². The minimum Gasteiger partial charge on any atom is -0.396 e. The molecule has 2 nitrogen and oxygen atoms in total. The summed E-state index contributed by atoms with van der Waals surface area (Å²) in [5.41, 5.74) is 0.456. The van der Waals surface area contributed by atoms with Crippen LogP contribution >= 0.6 is 15.9 Å². The van der Waals surface area contributed by atoms with E-state index in [1.54, 1.807) is 6.07 Å². The molecule has 0 saturated carbocycles. The van der Waals surface area contributed by atoms with E-state index in [9.17, 15) is 4.39 Å². The number of halogens is 2. The average molecular weight is 289 g/mol. The normalized spacial score (nSPS) is 18.2. The third-order valence-electron chi connectivity index (χ3n) is 3.07. The minimum absolute atomic E-state index is 0.136. The molecule has 0 unspecified atom stereocenters. The lowest BCUT2D eigenvalue weighted by atomic mass is 9.75. The van der Waals surface area contributed by atoms with E-state index in [2.05, 4.69) is 15.9 Å². The Labute approximate surface area is 103 Å². The third-order valence-corrected chi connectivity index (χ3v) is 3.56. The molecule has 1 aliphatic rings. The van der Waals surface area contributed by atoms with Crippen LogP contribution in [0.5, 0.6) is 0 Å². The number of rotatable bonds is 4. The van der Waals surface area contributed by atoms with Crippen molar-refractivity contribution in [3.05, 3.63) is 34.1 Å². The smallest absolute Gasteiger partial charge is 0.127 e. The summed E-state index contributed by atoms with van der Waals surface area (Å²) in [6.45, 7) is 1.22. The van der Waals surface area contributed by atoms with Crippen molar-refractivity contribution in [1.29, 1.82) is 0 Å². The van der Waals surface area contributed by atoms with Crippen LogP contribution in [-0.4, -0.2) is 24.9 Å². The molecule has 0 spiro atoms. The second kappa shape index (κ2) is 4.82. The molecule has 0 bridgehead atoms. The van der Waals surface area contributed by atoms with Gasteiger partial charge in [0.1, 0.15) is 5.82 Å². The predicted octanol–water partition coefficient (Wildman–Crippen LogP) is 2.63. The fourth-order valence-corrected chi connectivity index (χ4v) is 2.47. The summed E-state index contributed by atoms with van der Waals surface area (Å²) in [6, 6.07) is 4.98. The van der Waals surface area contributed by atoms with Crippen molar-refractivity contribution in [2.45, 2.75) is 18.3 Å². The fourth-order valence-electron chi connectivity index (χ4n) is 2.10. The lowest BCUT2D eigenvalue weighted by Crippen LogP contribution is -2.47. The van der Waals surface area contributed by atoms with Crippen molar-refractivity contribution in [2.24, 2.45) is 0 Å². The van der Waals surface area contributed by atoms with Gasteiger partial charge in [0.15, 0.2) is 0 Å². The van der Waals surface area contributed by atoms with Crippen LogP contribution in [0.1, 0.15) is 18.4 Å². The first-order chi connectivity index (χ1) is 7.68. The Bertz CT molecular complexity index is 377. The molecule has 1 fully saturated rings. The second-order valence-corrected chi connectivity index (χ2v) is 5.14. The largest absolute Gasteiger partial charge is 0.396 e. The maximum absolute atomic E-state index is 13.8. The topological polar surface area (TPSA) is 29.5 Å². The SMILES string of the molecule is OCCCC1(c2cc(Br)ccc2F)COC1. The molecule has 1 aliphatic heterocycles. The van der Waals surface area contributed by atoms with E-state index < -0.39 is 0 Å². The molecule has 4 heteroatoms. The van der Waals surface area contributed by atoms with Crippen molar-refractivity contribution in [2.75, 3.05) is 19.8 Å². The zero-order valence-corrected chi connectivity index (χ0v) is 10.5. The zero-order chi connectivity index (χ0) is 11.6. The van der Waals surface area contributed by atoms with Crippen molar-refractivity contribution in [1.82, 2.24) is 0 Å². The van der Waals surface area contributed by atoms with Gasteiger partial charge >= 0.3 is 0 Å². The van der Waals surface area contributed by atoms with Crippen LogP contribution in [0.15, 0.2) is 22.7 Å². The quantitative estimate of drug-likeness (QED) is 0.923. The number of benzene rings is 1. The molecule has 88 valence electrons. The Balaban J connectivity index is 2.28. The highest BCUT2D eigenvalue weighted by Crippen LogP contribution is 2.39. The molecule has 0 aromatic heterocycles. The van der Waals surface area contributed by atoms with Gasteiger partial charge in [-0.15, -0.1) is 0 Å². The van der Waals surface area contributed by atoms with Gasteiger partial charge in [-0.1, -0.05) is 15.9 Å². The molecule has 16 heavy (non-hydrogen) atoms. The Hall–Kier alpha value is -0.450. The van der Waals surface area contributed by atoms with Crippen LogP contribution < -0.4 is 0 Å². The molecule has 0 atom stereocenters. The highest BCUT2D eigenvalue weighted by Gasteiger charge is 2.41. The first-order valence-electron chi connectivity index (χ1n) is 5.32. The maximum atomic E-state index is 13.8. The number of aliphatic hydroxyl groups is 1. The summed E-state index contributed by atoms with van der Waals surface area (Å²) in [7, 11) is 0. The van der Waals surface area contributed by atoms with E-state index in [-0.39, 0.29) is 17.8 Å². The molecular weight excluding hydrogens is 275 g/mol. The van der Waals surface area contributed by atoms with E-state index in [4.69, 9.17) is 9.84 Å². The van der Waals surface area contributed by atoms with Gasteiger partial charge in [0.25, 0.3) is 0 Å². The van der Waals surface area contributed by atoms with Crippen LogP contribution in [0, 0.1) is 5.82 Å². The van der Waals surface area contributed by atoms with Crippen molar-refractivity contribution >= 4 is 15.9 Å². The molecule has 1 aromatic carbocycles. The van der Waals surface area contributed by atoms with E-state index >= 15 is 0 Å². The monoisotopic (exact) mass is 288 g/mol. The van der Waals surface area contributed by atoms with Crippen LogP contribution in [0.2, 0.25) is 0 Å². The van der Waals surface area contributed by atoms with Gasteiger partial charge in [0.05, 0.1) is 13.2 Å². The van der Waals surface area contributed by atoms with Gasteiger partial charge in [0.2, 0.25) is 0 Å². The van der Waals surface area contributed by atoms with Crippen LogP contribution in [-0.2, 0) is 10.2 Å². The second-order valence-electron chi connectivity index (χ2n) is 4.22. The first kappa shape index (κ1) is 12.0. The molecule has 2 rings (SSSR count). The fraction of sp³-hybridized carbons (Fsp3) is 0.500. The van der Waals surface area contributed by atoms with Gasteiger partial charge in [0, 0.05) is 16.5 Å². The first-order valence-corrected chi connectivity index (χ1v) is 6.11. The lowest BCUT2D eigenvalue weighted by molar-refractivity contribution is -0.0681. The maximum Gasteiger partial charge on any atom is 0.127 e. The van der Waals surface area contributed by atoms with Gasteiger partial charge in [-0.3, -0.25) is 0 Å². The molecule has 0 radical (unpaired) electrons. The van der Waals surface area contributed by atoms with Crippen LogP contribution in [0.25, 0.3) is 0 Å². The van der Waals surface area contributed by atoms with Gasteiger partial charge in [-0.05, 0) is 36.6 Å². The van der Waals surface area contributed by atoms with E-state index in [1.807, 2.05) is 6.07 Å². The summed E-state index contributed by atoms with van der Waals surface area (Å²) < 4.78 is 19.9. The van der Waals surface area contributed by atoms with Crippen LogP contribution in [0.4, 0.5) is 4.39 Å². The minimum atomic E-state index is -0.239. The summed E-state index contributed by atoms with van der Waals surface area (Å²) >= 11 is 3.35. The molecule has 1 saturated heterocycles. The molecule has 1 heterocycles. The number of ether oxygens (including phenoxy) is 1.